The van der Waals surface area contributed by atoms with Crippen LogP contribution in [0.3, 0.4) is 0 Å². The SMILES string of the molecule is CCNC(=NCc1cc(CC)no1)NCC(C)c1cccc(C)c1.I. The van der Waals surface area contributed by atoms with Crippen molar-refractivity contribution in [2.75, 3.05) is 13.1 Å². The molecule has 0 aliphatic heterocycles. The highest BCUT2D eigenvalue weighted by Gasteiger charge is 2.07. The molecule has 0 bridgehead atoms. The summed E-state index contributed by atoms with van der Waals surface area (Å²) in [5.41, 5.74) is 3.59. The molecular weight excluding hydrogens is 427 g/mol. The van der Waals surface area contributed by atoms with Crippen LogP contribution in [0.15, 0.2) is 39.8 Å². The Bertz CT molecular complexity index is 669. The summed E-state index contributed by atoms with van der Waals surface area (Å²) in [6.07, 6.45) is 0.875. The van der Waals surface area contributed by atoms with Crippen LogP contribution in [0.4, 0.5) is 0 Å². The van der Waals surface area contributed by atoms with Crippen molar-refractivity contribution in [2.45, 2.75) is 46.6 Å². The molecule has 5 nitrogen and oxygen atoms in total. The maximum absolute atomic E-state index is 5.28. The van der Waals surface area contributed by atoms with E-state index in [1.165, 1.54) is 11.1 Å². The lowest BCUT2D eigenvalue weighted by molar-refractivity contribution is 0.379. The Balaban J connectivity index is 0.00000312. The number of rotatable bonds is 7. The fourth-order valence-electron chi connectivity index (χ4n) is 2.44. The second-order valence-corrected chi connectivity index (χ2v) is 6.03. The van der Waals surface area contributed by atoms with Crippen molar-refractivity contribution in [3.05, 3.63) is 52.9 Å². The molecule has 1 aromatic heterocycles. The lowest BCUT2D eigenvalue weighted by Crippen LogP contribution is -2.39. The van der Waals surface area contributed by atoms with Crippen LogP contribution in [-0.4, -0.2) is 24.2 Å². The molecule has 1 unspecified atom stereocenters. The smallest absolute Gasteiger partial charge is 0.191 e. The van der Waals surface area contributed by atoms with Crippen LogP contribution in [0.2, 0.25) is 0 Å². The van der Waals surface area contributed by atoms with Crippen LogP contribution in [-0.2, 0) is 13.0 Å². The number of aliphatic imine (C=N–C) groups is 1. The minimum absolute atomic E-state index is 0. The molecule has 2 aromatic rings. The maximum atomic E-state index is 5.28. The van der Waals surface area contributed by atoms with E-state index in [0.717, 1.165) is 36.9 Å². The third kappa shape index (κ3) is 7.05. The van der Waals surface area contributed by atoms with Crippen LogP contribution in [0.5, 0.6) is 0 Å². The third-order valence-corrected chi connectivity index (χ3v) is 3.89. The van der Waals surface area contributed by atoms with Gasteiger partial charge in [-0.25, -0.2) is 4.99 Å². The highest BCUT2D eigenvalue weighted by Crippen LogP contribution is 2.15. The first-order valence-corrected chi connectivity index (χ1v) is 8.65. The molecule has 1 atom stereocenters. The van der Waals surface area contributed by atoms with Crippen molar-refractivity contribution < 1.29 is 4.52 Å². The predicted molar refractivity (Wildman–Crippen MR) is 114 cm³/mol. The molecule has 0 saturated carbocycles. The summed E-state index contributed by atoms with van der Waals surface area (Å²) in [5.74, 6) is 1.99. The fraction of sp³-hybridized carbons (Fsp3) is 0.474. The van der Waals surface area contributed by atoms with E-state index in [1.54, 1.807) is 0 Å². The lowest BCUT2D eigenvalue weighted by atomic mass is 9.99. The van der Waals surface area contributed by atoms with E-state index >= 15 is 0 Å². The molecule has 1 heterocycles. The van der Waals surface area contributed by atoms with Crippen LogP contribution in [0.1, 0.15) is 49.3 Å². The molecule has 138 valence electrons. The van der Waals surface area contributed by atoms with E-state index < -0.39 is 0 Å². The first-order chi connectivity index (χ1) is 11.6. The van der Waals surface area contributed by atoms with Crippen molar-refractivity contribution in [3.63, 3.8) is 0 Å². The number of hydrogen-bond acceptors (Lipinski definition) is 3. The second-order valence-electron chi connectivity index (χ2n) is 6.03. The van der Waals surface area contributed by atoms with Gasteiger partial charge in [0, 0.05) is 19.2 Å². The molecule has 0 aliphatic rings. The Kier molecular flexibility index (Phi) is 9.55. The largest absolute Gasteiger partial charge is 0.359 e. The van der Waals surface area contributed by atoms with Gasteiger partial charge in [-0.3, -0.25) is 0 Å². The number of nitrogens with zero attached hydrogens (tertiary/aromatic N) is 2. The first-order valence-electron chi connectivity index (χ1n) is 8.65. The summed E-state index contributed by atoms with van der Waals surface area (Å²) >= 11 is 0. The molecule has 2 N–H and O–H groups in total. The van der Waals surface area contributed by atoms with Crippen molar-refractivity contribution in [2.24, 2.45) is 4.99 Å². The van der Waals surface area contributed by atoms with Crippen LogP contribution >= 0.6 is 24.0 Å². The van der Waals surface area contributed by atoms with Crippen molar-refractivity contribution in [1.82, 2.24) is 15.8 Å². The van der Waals surface area contributed by atoms with Gasteiger partial charge in [-0.15, -0.1) is 24.0 Å². The summed E-state index contributed by atoms with van der Waals surface area (Å²) in [4.78, 5) is 4.58. The zero-order chi connectivity index (χ0) is 17.4. The average molecular weight is 456 g/mol. The maximum Gasteiger partial charge on any atom is 0.191 e. The summed E-state index contributed by atoms with van der Waals surface area (Å²) in [7, 11) is 0. The molecule has 0 spiro atoms. The number of aryl methyl sites for hydroxylation is 2. The molecular formula is C19H29IN4O. The van der Waals surface area contributed by atoms with Gasteiger partial charge < -0.3 is 15.2 Å². The van der Waals surface area contributed by atoms with Crippen LogP contribution < -0.4 is 10.6 Å². The lowest BCUT2D eigenvalue weighted by Gasteiger charge is -2.16. The summed E-state index contributed by atoms with van der Waals surface area (Å²) in [5, 5.41) is 10.7. The van der Waals surface area contributed by atoms with Crippen LogP contribution in [0, 0.1) is 6.92 Å². The van der Waals surface area contributed by atoms with E-state index in [-0.39, 0.29) is 24.0 Å². The minimum Gasteiger partial charge on any atom is -0.359 e. The number of benzene rings is 1. The Morgan fingerprint density at radius 3 is 2.68 bits per heavy atom. The fourth-order valence-corrected chi connectivity index (χ4v) is 2.44. The monoisotopic (exact) mass is 456 g/mol. The molecule has 0 amide bonds. The number of nitrogens with one attached hydrogen (secondary N) is 2. The first kappa shape index (κ1) is 21.5. The van der Waals surface area contributed by atoms with Crippen molar-refractivity contribution in [3.8, 4) is 0 Å². The Hall–Kier alpha value is -1.57. The van der Waals surface area contributed by atoms with E-state index in [0.29, 0.717) is 12.5 Å². The van der Waals surface area contributed by atoms with Gasteiger partial charge in [0.25, 0.3) is 0 Å². The molecule has 2 rings (SSSR count). The topological polar surface area (TPSA) is 62.5 Å². The Morgan fingerprint density at radius 2 is 2.04 bits per heavy atom. The normalized spacial score (nSPS) is 12.4. The quantitative estimate of drug-likeness (QED) is 0.375. The van der Waals surface area contributed by atoms with Gasteiger partial charge in [-0.1, -0.05) is 48.8 Å². The van der Waals surface area contributed by atoms with E-state index in [9.17, 15) is 0 Å². The van der Waals surface area contributed by atoms with Gasteiger partial charge in [0.05, 0.1) is 5.69 Å². The highest BCUT2D eigenvalue weighted by atomic mass is 127. The standard InChI is InChI=1S/C19H28N4O.HI/c1-5-17-11-18(24-23-17)13-22-19(20-6-2)21-12-15(4)16-9-7-8-14(3)10-16;/h7-11,15H,5-6,12-13H2,1-4H3,(H2,20,21,22);1H. The second kappa shape index (κ2) is 11.1. The number of hydrogen-bond donors (Lipinski definition) is 2. The number of halogens is 1. The van der Waals surface area contributed by atoms with Gasteiger partial charge in [-0.05, 0) is 31.7 Å². The molecule has 6 heteroatoms. The Morgan fingerprint density at radius 1 is 1.24 bits per heavy atom. The molecule has 0 aliphatic carbocycles. The van der Waals surface area contributed by atoms with Gasteiger partial charge in [0.15, 0.2) is 11.7 Å². The van der Waals surface area contributed by atoms with Gasteiger partial charge in [0.2, 0.25) is 0 Å². The van der Waals surface area contributed by atoms with Gasteiger partial charge in [-0.2, -0.15) is 0 Å². The van der Waals surface area contributed by atoms with E-state index in [2.05, 4.69) is 72.7 Å². The molecule has 0 fully saturated rings. The molecule has 1 aromatic carbocycles. The predicted octanol–water partition coefficient (Wildman–Crippen LogP) is 4.02. The molecule has 25 heavy (non-hydrogen) atoms. The molecule has 0 saturated heterocycles. The average Bonchev–Trinajstić information content (AvgIpc) is 3.05. The van der Waals surface area contributed by atoms with E-state index in [1.807, 2.05) is 6.07 Å². The van der Waals surface area contributed by atoms with Crippen molar-refractivity contribution in [1.29, 1.82) is 0 Å². The Labute approximate surface area is 167 Å². The highest BCUT2D eigenvalue weighted by molar-refractivity contribution is 14.0. The zero-order valence-corrected chi connectivity index (χ0v) is 17.8. The van der Waals surface area contributed by atoms with Gasteiger partial charge >= 0.3 is 0 Å². The summed E-state index contributed by atoms with van der Waals surface area (Å²) < 4.78 is 5.28. The van der Waals surface area contributed by atoms with Crippen molar-refractivity contribution >= 4 is 29.9 Å². The summed E-state index contributed by atoms with van der Waals surface area (Å²) in [6, 6.07) is 10.6. The number of guanidine groups is 1. The van der Waals surface area contributed by atoms with E-state index in [4.69, 9.17) is 4.52 Å². The van der Waals surface area contributed by atoms with Gasteiger partial charge in [0.1, 0.15) is 6.54 Å². The summed E-state index contributed by atoms with van der Waals surface area (Å²) in [6.45, 7) is 10.6. The number of aromatic nitrogens is 1. The molecule has 0 radical (unpaired) electrons. The van der Waals surface area contributed by atoms with Crippen LogP contribution in [0.25, 0.3) is 0 Å². The minimum atomic E-state index is 0. The zero-order valence-electron chi connectivity index (χ0n) is 15.5. The third-order valence-electron chi connectivity index (χ3n) is 3.89.